The van der Waals surface area contributed by atoms with Gasteiger partial charge >= 0.3 is 0 Å². The van der Waals surface area contributed by atoms with E-state index in [1.54, 1.807) is 0 Å². The summed E-state index contributed by atoms with van der Waals surface area (Å²) in [4.78, 5) is 2.40. The van der Waals surface area contributed by atoms with E-state index in [1.807, 2.05) is 19.1 Å². The minimum atomic E-state index is 0.0812. The van der Waals surface area contributed by atoms with Crippen LogP contribution in [0.3, 0.4) is 0 Å². The molecule has 2 atom stereocenters. The van der Waals surface area contributed by atoms with Crippen LogP contribution in [-0.4, -0.2) is 30.8 Å². The van der Waals surface area contributed by atoms with Crippen molar-refractivity contribution in [3.63, 3.8) is 0 Å². The second-order valence-corrected chi connectivity index (χ2v) is 6.23. The maximum absolute atomic E-state index is 9.33. The van der Waals surface area contributed by atoms with Crippen LogP contribution in [0, 0.1) is 6.92 Å². The minimum Gasteiger partial charge on any atom is -0.392 e. The van der Waals surface area contributed by atoms with E-state index in [2.05, 4.69) is 56.9 Å². The molecule has 5 heteroatoms. The number of rotatable bonds is 3. The molecule has 2 unspecified atom stereocenters. The number of aliphatic hydroxyl groups excluding tert-OH is 1. The zero-order chi connectivity index (χ0) is 16.0. The molecule has 1 N–H and O–H groups in total. The summed E-state index contributed by atoms with van der Waals surface area (Å²) < 4.78 is 2.21. The van der Waals surface area contributed by atoms with Gasteiger partial charge in [0.2, 0.25) is 0 Å². The van der Waals surface area contributed by atoms with Gasteiger partial charge in [-0.2, -0.15) is 0 Å². The van der Waals surface area contributed by atoms with Crippen molar-refractivity contribution in [2.24, 2.45) is 0 Å². The Labute approximate surface area is 135 Å². The molecule has 4 rings (SSSR count). The highest BCUT2D eigenvalue weighted by atomic mass is 16.3. The monoisotopic (exact) mass is 308 g/mol. The number of allylic oxidation sites excluding steroid dienone is 1. The van der Waals surface area contributed by atoms with Gasteiger partial charge in [-0.3, -0.25) is 0 Å². The largest absolute Gasteiger partial charge is 0.392 e. The third-order valence-electron chi connectivity index (χ3n) is 4.73. The number of aliphatic hydroxyl groups is 1. The van der Waals surface area contributed by atoms with E-state index in [0.29, 0.717) is 0 Å². The van der Waals surface area contributed by atoms with E-state index < -0.39 is 0 Å². The van der Waals surface area contributed by atoms with Gasteiger partial charge in [-0.05, 0) is 37.1 Å². The molecule has 0 spiro atoms. The number of nitrogens with zero attached hydrogens (tertiary/aromatic N) is 4. The van der Waals surface area contributed by atoms with E-state index in [4.69, 9.17) is 0 Å². The predicted octanol–water partition coefficient (Wildman–Crippen LogP) is 2.43. The number of aryl methyl sites for hydroxylation is 1. The zero-order valence-corrected chi connectivity index (χ0v) is 13.3. The Hall–Kier alpha value is -2.40. The van der Waals surface area contributed by atoms with Gasteiger partial charge in [-0.1, -0.05) is 30.3 Å². The van der Waals surface area contributed by atoms with Crippen molar-refractivity contribution in [2.45, 2.75) is 39.1 Å². The fourth-order valence-corrected chi connectivity index (χ4v) is 3.61. The van der Waals surface area contributed by atoms with Gasteiger partial charge in [-0.25, -0.2) is 0 Å². The first-order valence-electron chi connectivity index (χ1n) is 7.91. The van der Waals surface area contributed by atoms with Crippen LogP contribution in [0.2, 0.25) is 0 Å². The van der Waals surface area contributed by atoms with Crippen molar-refractivity contribution >= 4 is 6.08 Å². The first-order valence-corrected chi connectivity index (χ1v) is 7.91. The Morgan fingerprint density at radius 1 is 1.13 bits per heavy atom. The summed E-state index contributed by atoms with van der Waals surface area (Å²) in [5.41, 5.74) is 3.43. The fraction of sp³-hybridized carbons (Fsp3) is 0.333. The van der Waals surface area contributed by atoms with Crippen LogP contribution in [0.1, 0.15) is 35.7 Å². The molecule has 0 radical (unpaired) electrons. The predicted molar refractivity (Wildman–Crippen MR) is 88.3 cm³/mol. The standard InChI is InChI=1S/C18H20N4O/c1-12-8-17-16(6-7-18-20-19-13(2)22(17)18)21(12)10-14-4-3-5-15(9-14)11-23/h3-9,16-17,23H,10-11H2,1-2H3. The van der Waals surface area contributed by atoms with Crippen LogP contribution in [0.4, 0.5) is 0 Å². The molecule has 0 saturated carbocycles. The molecule has 2 aromatic rings. The molecule has 5 nitrogen and oxygen atoms in total. The topological polar surface area (TPSA) is 54.2 Å². The third-order valence-corrected chi connectivity index (χ3v) is 4.73. The molecule has 0 amide bonds. The average molecular weight is 308 g/mol. The molecule has 118 valence electrons. The van der Waals surface area contributed by atoms with Crippen LogP contribution in [0.15, 0.2) is 42.1 Å². The smallest absolute Gasteiger partial charge is 0.157 e. The highest BCUT2D eigenvalue weighted by Crippen LogP contribution is 2.37. The lowest BCUT2D eigenvalue weighted by Gasteiger charge is -2.32. The zero-order valence-electron chi connectivity index (χ0n) is 13.3. The summed E-state index contributed by atoms with van der Waals surface area (Å²) in [6.07, 6.45) is 6.58. The summed E-state index contributed by atoms with van der Waals surface area (Å²) in [7, 11) is 0. The maximum atomic E-state index is 9.33. The van der Waals surface area contributed by atoms with Crippen molar-refractivity contribution in [3.8, 4) is 0 Å². The van der Waals surface area contributed by atoms with Gasteiger partial charge in [0.05, 0.1) is 18.7 Å². The molecule has 3 heterocycles. The molecule has 1 aromatic carbocycles. The van der Waals surface area contributed by atoms with Crippen molar-refractivity contribution in [1.82, 2.24) is 19.7 Å². The number of hydrogen-bond acceptors (Lipinski definition) is 4. The van der Waals surface area contributed by atoms with Crippen molar-refractivity contribution in [2.75, 3.05) is 0 Å². The fourth-order valence-electron chi connectivity index (χ4n) is 3.61. The van der Waals surface area contributed by atoms with Gasteiger partial charge in [0.15, 0.2) is 5.82 Å². The molecule has 2 aliphatic heterocycles. The Morgan fingerprint density at radius 2 is 1.96 bits per heavy atom. The first-order chi connectivity index (χ1) is 11.2. The lowest BCUT2D eigenvalue weighted by atomic mass is 10.0. The van der Waals surface area contributed by atoms with Gasteiger partial charge < -0.3 is 14.6 Å². The Bertz CT molecular complexity index is 805. The van der Waals surface area contributed by atoms with Crippen LogP contribution in [-0.2, 0) is 13.2 Å². The second kappa shape index (κ2) is 5.35. The Kier molecular flexibility index (Phi) is 3.31. The van der Waals surface area contributed by atoms with Crippen molar-refractivity contribution in [3.05, 3.63) is 64.9 Å². The number of benzene rings is 1. The van der Waals surface area contributed by atoms with Crippen LogP contribution in [0.25, 0.3) is 6.08 Å². The van der Waals surface area contributed by atoms with E-state index in [1.165, 1.54) is 11.3 Å². The van der Waals surface area contributed by atoms with E-state index in [-0.39, 0.29) is 18.7 Å². The molecule has 0 bridgehead atoms. The SMILES string of the molecule is CC1=CC2C(C=Cc3nnc(C)n32)N1Cc1cccc(CO)c1. The second-order valence-electron chi connectivity index (χ2n) is 6.23. The highest BCUT2D eigenvalue weighted by molar-refractivity contribution is 5.48. The normalized spacial score (nSPS) is 22.0. The molecule has 23 heavy (non-hydrogen) atoms. The van der Waals surface area contributed by atoms with Crippen LogP contribution in [0.5, 0.6) is 0 Å². The number of fused-ring (bicyclic) bond motifs is 3. The van der Waals surface area contributed by atoms with Gasteiger partial charge in [-0.15, -0.1) is 10.2 Å². The highest BCUT2D eigenvalue weighted by Gasteiger charge is 2.36. The Morgan fingerprint density at radius 3 is 2.78 bits per heavy atom. The van der Waals surface area contributed by atoms with Gasteiger partial charge in [0, 0.05) is 12.2 Å². The lowest BCUT2D eigenvalue weighted by molar-refractivity contribution is 0.267. The van der Waals surface area contributed by atoms with Crippen LogP contribution < -0.4 is 0 Å². The van der Waals surface area contributed by atoms with Gasteiger partial charge in [0.25, 0.3) is 0 Å². The van der Waals surface area contributed by atoms with E-state index in [0.717, 1.165) is 23.8 Å². The molecule has 0 saturated heterocycles. The third kappa shape index (κ3) is 2.28. The summed E-state index contributed by atoms with van der Waals surface area (Å²) in [6.45, 7) is 5.07. The summed E-state index contributed by atoms with van der Waals surface area (Å²) in [5.74, 6) is 1.88. The number of hydrogen-bond donors (Lipinski definition) is 1. The molecule has 1 aromatic heterocycles. The molecule has 2 aliphatic rings. The molecule has 0 fully saturated rings. The minimum absolute atomic E-state index is 0.0812. The maximum Gasteiger partial charge on any atom is 0.157 e. The van der Waals surface area contributed by atoms with Crippen molar-refractivity contribution < 1.29 is 5.11 Å². The van der Waals surface area contributed by atoms with Crippen molar-refractivity contribution in [1.29, 1.82) is 0 Å². The van der Waals surface area contributed by atoms with E-state index in [9.17, 15) is 5.11 Å². The molecular weight excluding hydrogens is 288 g/mol. The quantitative estimate of drug-likeness (QED) is 0.946. The number of aromatic nitrogens is 3. The van der Waals surface area contributed by atoms with E-state index >= 15 is 0 Å². The van der Waals surface area contributed by atoms with Gasteiger partial charge in [0.1, 0.15) is 5.82 Å². The first kappa shape index (κ1) is 14.2. The molecule has 0 aliphatic carbocycles. The summed E-state index contributed by atoms with van der Waals surface area (Å²) >= 11 is 0. The van der Waals surface area contributed by atoms with Crippen LogP contribution >= 0.6 is 0 Å². The average Bonchev–Trinajstić information content (AvgIpc) is 3.09. The summed E-state index contributed by atoms with van der Waals surface area (Å²) in [6, 6.07) is 8.68. The molecular formula is C18H20N4O. The summed E-state index contributed by atoms with van der Waals surface area (Å²) in [5, 5.41) is 17.8. The Balaban J connectivity index is 1.64. The lowest BCUT2D eigenvalue weighted by Crippen LogP contribution is -2.35.